The minimum Gasteiger partial charge on any atom is -0.244 e. The highest BCUT2D eigenvalue weighted by molar-refractivity contribution is 4.82. The quantitative estimate of drug-likeness (QED) is 0.550. The zero-order valence-electron chi connectivity index (χ0n) is 8.41. The van der Waals surface area contributed by atoms with Gasteiger partial charge in [0.1, 0.15) is 5.67 Å². The molecule has 1 saturated carbocycles. The minimum absolute atomic E-state index is 0.712. The van der Waals surface area contributed by atoms with Gasteiger partial charge < -0.3 is 0 Å². The molecule has 0 bridgehead atoms. The van der Waals surface area contributed by atoms with Crippen LogP contribution in [0.1, 0.15) is 58.8 Å². The number of rotatable bonds is 2. The molecule has 1 fully saturated rings. The van der Waals surface area contributed by atoms with Crippen molar-refractivity contribution in [1.82, 2.24) is 0 Å². The summed E-state index contributed by atoms with van der Waals surface area (Å²) in [6.45, 7) is 4.20. The molecule has 1 aliphatic carbocycles. The third-order valence-electron chi connectivity index (χ3n) is 3.45. The summed E-state index contributed by atoms with van der Waals surface area (Å²) in [6.07, 6.45) is 7.02. The lowest BCUT2D eigenvalue weighted by Gasteiger charge is -2.21. The monoisotopic (exact) mass is 172 g/mol. The largest absolute Gasteiger partial charge is 0.244 e. The molecule has 2 atom stereocenters. The molecule has 0 aromatic carbocycles. The molecule has 0 saturated heterocycles. The van der Waals surface area contributed by atoms with Crippen molar-refractivity contribution < 1.29 is 4.39 Å². The van der Waals surface area contributed by atoms with E-state index in [9.17, 15) is 4.39 Å². The van der Waals surface area contributed by atoms with E-state index in [1.807, 2.05) is 6.92 Å². The van der Waals surface area contributed by atoms with Gasteiger partial charge in [0, 0.05) is 0 Å². The average Bonchev–Trinajstić information content (AvgIpc) is 2.28. The Morgan fingerprint density at radius 2 is 2.00 bits per heavy atom. The van der Waals surface area contributed by atoms with Crippen molar-refractivity contribution in [1.29, 1.82) is 0 Å². The van der Waals surface area contributed by atoms with Crippen LogP contribution in [0, 0.1) is 5.92 Å². The molecular formula is C11H21F. The van der Waals surface area contributed by atoms with E-state index in [0.717, 1.165) is 31.6 Å². The van der Waals surface area contributed by atoms with E-state index in [1.54, 1.807) is 0 Å². The Morgan fingerprint density at radius 1 is 1.25 bits per heavy atom. The fraction of sp³-hybridized carbons (Fsp3) is 1.00. The molecule has 0 heterocycles. The zero-order chi connectivity index (χ0) is 9.03. The second-order valence-electron chi connectivity index (χ2n) is 4.21. The highest BCUT2D eigenvalue weighted by atomic mass is 19.1. The number of hydrogen-bond donors (Lipinski definition) is 0. The molecule has 0 aromatic rings. The minimum atomic E-state index is -0.816. The molecular weight excluding hydrogens is 151 g/mol. The number of halogens is 1. The van der Waals surface area contributed by atoms with Crippen molar-refractivity contribution in [2.45, 2.75) is 64.5 Å². The lowest BCUT2D eigenvalue weighted by Crippen LogP contribution is -2.20. The maximum Gasteiger partial charge on any atom is 0.110 e. The molecule has 2 unspecified atom stereocenters. The van der Waals surface area contributed by atoms with E-state index in [2.05, 4.69) is 6.92 Å². The Labute approximate surface area is 75.5 Å². The Hall–Kier alpha value is -0.0700. The molecule has 0 radical (unpaired) electrons. The van der Waals surface area contributed by atoms with Gasteiger partial charge in [0.15, 0.2) is 0 Å². The molecule has 0 aliphatic heterocycles. The molecule has 0 spiro atoms. The zero-order valence-corrected chi connectivity index (χ0v) is 8.41. The first-order valence-electron chi connectivity index (χ1n) is 5.39. The normalized spacial score (nSPS) is 37.8. The average molecular weight is 172 g/mol. The van der Waals surface area contributed by atoms with Crippen LogP contribution in [-0.4, -0.2) is 5.67 Å². The van der Waals surface area contributed by atoms with E-state index in [4.69, 9.17) is 0 Å². The Morgan fingerprint density at radius 3 is 2.58 bits per heavy atom. The van der Waals surface area contributed by atoms with Crippen LogP contribution >= 0.6 is 0 Å². The maximum atomic E-state index is 13.9. The second-order valence-corrected chi connectivity index (χ2v) is 4.21. The molecule has 1 aliphatic rings. The first-order valence-corrected chi connectivity index (χ1v) is 5.39. The van der Waals surface area contributed by atoms with Crippen molar-refractivity contribution >= 4 is 0 Å². The van der Waals surface area contributed by atoms with Crippen LogP contribution in [0.15, 0.2) is 0 Å². The highest BCUT2D eigenvalue weighted by Gasteiger charge is 2.30. The molecule has 72 valence electrons. The fourth-order valence-corrected chi connectivity index (χ4v) is 2.20. The standard InChI is InChI=1S/C11H21F/c1-3-10-6-5-8-11(12,4-2)9-7-10/h10H,3-9H2,1-2H3. The predicted molar refractivity (Wildman–Crippen MR) is 51.0 cm³/mol. The van der Waals surface area contributed by atoms with Gasteiger partial charge >= 0.3 is 0 Å². The van der Waals surface area contributed by atoms with E-state index in [0.29, 0.717) is 6.42 Å². The lowest BCUT2D eigenvalue weighted by atomic mass is 9.92. The first-order chi connectivity index (χ1) is 5.70. The van der Waals surface area contributed by atoms with Gasteiger partial charge in [0.2, 0.25) is 0 Å². The van der Waals surface area contributed by atoms with E-state index in [1.165, 1.54) is 12.8 Å². The first kappa shape index (κ1) is 10.0. The van der Waals surface area contributed by atoms with Crippen LogP contribution in [0.2, 0.25) is 0 Å². The molecule has 1 heteroatoms. The van der Waals surface area contributed by atoms with Crippen LogP contribution in [0.4, 0.5) is 4.39 Å². The Bertz CT molecular complexity index is 133. The molecule has 12 heavy (non-hydrogen) atoms. The number of alkyl halides is 1. The number of hydrogen-bond acceptors (Lipinski definition) is 0. The summed E-state index contributed by atoms with van der Waals surface area (Å²) in [5.41, 5.74) is -0.816. The van der Waals surface area contributed by atoms with Crippen molar-refractivity contribution in [3.05, 3.63) is 0 Å². The van der Waals surface area contributed by atoms with Crippen molar-refractivity contribution in [3.63, 3.8) is 0 Å². The van der Waals surface area contributed by atoms with Crippen LogP contribution < -0.4 is 0 Å². The summed E-state index contributed by atoms with van der Waals surface area (Å²) < 4.78 is 13.9. The summed E-state index contributed by atoms with van der Waals surface area (Å²) in [4.78, 5) is 0. The van der Waals surface area contributed by atoms with Gasteiger partial charge in [-0.3, -0.25) is 0 Å². The van der Waals surface area contributed by atoms with Gasteiger partial charge in [-0.05, 0) is 38.0 Å². The second kappa shape index (κ2) is 4.25. The van der Waals surface area contributed by atoms with Crippen LogP contribution in [-0.2, 0) is 0 Å². The smallest absolute Gasteiger partial charge is 0.110 e. The van der Waals surface area contributed by atoms with Gasteiger partial charge in [-0.25, -0.2) is 4.39 Å². The van der Waals surface area contributed by atoms with Crippen molar-refractivity contribution in [2.24, 2.45) is 5.92 Å². The Kier molecular flexibility index (Phi) is 3.54. The third kappa shape index (κ3) is 2.46. The third-order valence-corrected chi connectivity index (χ3v) is 3.45. The highest BCUT2D eigenvalue weighted by Crippen LogP contribution is 2.36. The van der Waals surface area contributed by atoms with Crippen molar-refractivity contribution in [2.75, 3.05) is 0 Å². The molecule has 0 N–H and O–H groups in total. The topological polar surface area (TPSA) is 0 Å². The summed E-state index contributed by atoms with van der Waals surface area (Å²) in [5, 5.41) is 0. The summed E-state index contributed by atoms with van der Waals surface area (Å²) >= 11 is 0. The van der Waals surface area contributed by atoms with Gasteiger partial charge in [-0.2, -0.15) is 0 Å². The van der Waals surface area contributed by atoms with E-state index >= 15 is 0 Å². The molecule has 1 rings (SSSR count). The van der Waals surface area contributed by atoms with Crippen LogP contribution in [0.5, 0.6) is 0 Å². The summed E-state index contributed by atoms with van der Waals surface area (Å²) in [5.74, 6) is 0.800. The maximum absolute atomic E-state index is 13.9. The van der Waals surface area contributed by atoms with Crippen molar-refractivity contribution in [3.8, 4) is 0 Å². The van der Waals surface area contributed by atoms with E-state index in [-0.39, 0.29) is 0 Å². The van der Waals surface area contributed by atoms with Crippen LogP contribution in [0.3, 0.4) is 0 Å². The molecule has 0 nitrogen and oxygen atoms in total. The molecule has 0 amide bonds. The van der Waals surface area contributed by atoms with Crippen LogP contribution in [0.25, 0.3) is 0 Å². The van der Waals surface area contributed by atoms with Gasteiger partial charge in [-0.15, -0.1) is 0 Å². The van der Waals surface area contributed by atoms with E-state index < -0.39 is 5.67 Å². The SMILES string of the molecule is CCC1CCCC(F)(CC)CC1. The predicted octanol–water partition coefficient (Wildman–Crippen LogP) is 4.10. The Balaban J connectivity index is 2.44. The van der Waals surface area contributed by atoms with Gasteiger partial charge in [0.25, 0.3) is 0 Å². The fourth-order valence-electron chi connectivity index (χ4n) is 2.20. The van der Waals surface area contributed by atoms with Gasteiger partial charge in [0.05, 0.1) is 0 Å². The summed E-state index contributed by atoms with van der Waals surface area (Å²) in [7, 11) is 0. The molecule has 0 aromatic heterocycles. The van der Waals surface area contributed by atoms with Gasteiger partial charge in [-0.1, -0.05) is 26.7 Å². The lowest BCUT2D eigenvalue weighted by molar-refractivity contribution is 0.132. The summed E-state index contributed by atoms with van der Waals surface area (Å²) in [6, 6.07) is 0.